The minimum Gasteiger partial charge on any atom is -0.444 e. The number of carbonyl (C=O) groups is 1. The fraction of sp³-hybridized carbons (Fsp3) is 0.474. The zero-order valence-electron chi connectivity index (χ0n) is 16.3. The Balaban J connectivity index is 1.78. The maximum Gasteiger partial charge on any atom is 0.416 e. The molecule has 2 aromatic rings. The van der Waals surface area contributed by atoms with Crippen LogP contribution in [-0.4, -0.2) is 34.6 Å². The third-order valence-electron chi connectivity index (χ3n) is 4.34. The summed E-state index contributed by atoms with van der Waals surface area (Å²) in [5.74, 6) is 0.752. The van der Waals surface area contributed by atoms with Crippen LogP contribution in [0.5, 0.6) is 0 Å². The van der Waals surface area contributed by atoms with Crippen molar-refractivity contribution in [2.45, 2.75) is 39.1 Å². The first-order valence-electron chi connectivity index (χ1n) is 9.07. The molecular formula is C19H22BrF3N4O2. The van der Waals surface area contributed by atoms with E-state index in [1.165, 1.54) is 12.1 Å². The monoisotopic (exact) mass is 474 g/mol. The van der Waals surface area contributed by atoms with E-state index in [1.807, 2.05) is 4.90 Å². The van der Waals surface area contributed by atoms with Crippen molar-refractivity contribution in [3.63, 3.8) is 0 Å². The molecule has 1 aromatic heterocycles. The molecule has 0 bridgehead atoms. The van der Waals surface area contributed by atoms with Crippen LogP contribution in [0, 0.1) is 5.92 Å². The molecule has 1 amide bonds. The highest BCUT2D eigenvalue weighted by molar-refractivity contribution is 9.10. The van der Waals surface area contributed by atoms with Gasteiger partial charge in [0.2, 0.25) is 0 Å². The number of nitrogens with one attached hydrogen (secondary N) is 1. The normalized spacial score (nSPS) is 17.1. The molecule has 6 nitrogen and oxygen atoms in total. The molecule has 1 aromatic carbocycles. The van der Waals surface area contributed by atoms with Gasteiger partial charge in [-0.25, -0.2) is 9.48 Å². The number of aromatic nitrogens is 2. The van der Waals surface area contributed by atoms with E-state index in [4.69, 9.17) is 4.74 Å². The highest BCUT2D eigenvalue weighted by atomic mass is 79.9. The molecule has 1 aliphatic heterocycles. The van der Waals surface area contributed by atoms with Crippen LogP contribution in [0.25, 0.3) is 0 Å². The van der Waals surface area contributed by atoms with Crippen LogP contribution in [0.2, 0.25) is 0 Å². The standard InChI is InChI=1S/C19H22BrF3N4O2/c1-18(2,3)29-17(28)24-8-12-10-26(16-15(20)9-25-27(16)11-12)14-6-4-13(5-7-14)19(21,22)23/h4-7,9,12H,8,10-11H2,1-3H3,(H,24,28). The lowest BCUT2D eigenvalue weighted by Crippen LogP contribution is -2.43. The van der Waals surface area contributed by atoms with Gasteiger partial charge in [-0.05, 0) is 61.0 Å². The Morgan fingerprint density at radius 1 is 1.24 bits per heavy atom. The predicted octanol–water partition coefficient (Wildman–Crippen LogP) is 4.96. The third-order valence-corrected chi connectivity index (χ3v) is 4.90. The zero-order valence-corrected chi connectivity index (χ0v) is 17.8. The molecule has 1 atom stereocenters. The van der Waals surface area contributed by atoms with Crippen molar-refractivity contribution in [1.82, 2.24) is 15.1 Å². The second-order valence-electron chi connectivity index (χ2n) is 7.90. The Labute approximate surface area is 175 Å². The number of anilines is 2. The summed E-state index contributed by atoms with van der Waals surface area (Å²) < 4.78 is 46.4. The second-order valence-corrected chi connectivity index (χ2v) is 8.76. The van der Waals surface area contributed by atoms with Gasteiger partial charge in [-0.2, -0.15) is 18.3 Å². The number of nitrogens with zero attached hydrogens (tertiary/aromatic N) is 3. The van der Waals surface area contributed by atoms with Gasteiger partial charge in [0, 0.05) is 31.2 Å². The Hall–Kier alpha value is -2.23. The molecule has 29 heavy (non-hydrogen) atoms. The Kier molecular flexibility index (Phi) is 5.84. The average molecular weight is 475 g/mol. The van der Waals surface area contributed by atoms with E-state index in [1.54, 1.807) is 31.6 Å². The van der Waals surface area contributed by atoms with Gasteiger partial charge >= 0.3 is 12.3 Å². The van der Waals surface area contributed by atoms with E-state index in [9.17, 15) is 18.0 Å². The summed E-state index contributed by atoms with van der Waals surface area (Å²) in [5.41, 5.74) is -0.681. The lowest BCUT2D eigenvalue weighted by atomic mass is 10.1. The topological polar surface area (TPSA) is 59.4 Å². The van der Waals surface area contributed by atoms with E-state index >= 15 is 0 Å². The fourth-order valence-corrected chi connectivity index (χ4v) is 3.64. The van der Waals surface area contributed by atoms with Crippen LogP contribution in [0.15, 0.2) is 34.9 Å². The first-order valence-corrected chi connectivity index (χ1v) is 9.86. The number of hydrogen-bond acceptors (Lipinski definition) is 4. The molecule has 0 saturated heterocycles. The minimum atomic E-state index is -4.39. The quantitative estimate of drug-likeness (QED) is 0.682. The van der Waals surface area contributed by atoms with Crippen molar-refractivity contribution in [3.8, 4) is 0 Å². The number of rotatable bonds is 3. The molecule has 0 saturated carbocycles. The first-order chi connectivity index (χ1) is 13.4. The number of fused-ring (bicyclic) bond motifs is 1. The number of benzene rings is 1. The third kappa shape index (κ3) is 5.23. The van der Waals surface area contributed by atoms with Crippen molar-refractivity contribution in [2.24, 2.45) is 5.92 Å². The predicted molar refractivity (Wildman–Crippen MR) is 106 cm³/mol. The molecule has 10 heteroatoms. The summed E-state index contributed by atoms with van der Waals surface area (Å²) in [5, 5.41) is 7.09. The average Bonchev–Trinajstić information content (AvgIpc) is 2.98. The fourth-order valence-electron chi connectivity index (χ4n) is 3.13. The van der Waals surface area contributed by atoms with E-state index in [0.29, 0.717) is 25.3 Å². The molecule has 3 rings (SSSR count). The molecule has 158 valence electrons. The van der Waals surface area contributed by atoms with Crippen molar-refractivity contribution in [2.75, 3.05) is 18.0 Å². The van der Waals surface area contributed by atoms with Crippen molar-refractivity contribution in [3.05, 3.63) is 40.5 Å². The number of halogens is 4. The number of hydrogen-bond donors (Lipinski definition) is 1. The largest absolute Gasteiger partial charge is 0.444 e. The van der Waals surface area contributed by atoms with Crippen LogP contribution in [0.1, 0.15) is 26.3 Å². The van der Waals surface area contributed by atoms with Gasteiger partial charge in [-0.15, -0.1) is 0 Å². The van der Waals surface area contributed by atoms with E-state index in [2.05, 4.69) is 26.3 Å². The minimum absolute atomic E-state index is 0.0101. The molecule has 1 aliphatic rings. The summed E-state index contributed by atoms with van der Waals surface area (Å²) in [7, 11) is 0. The van der Waals surface area contributed by atoms with Gasteiger partial charge in [0.15, 0.2) is 0 Å². The Morgan fingerprint density at radius 2 is 1.90 bits per heavy atom. The Bertz CT molecular complexity index is 875. The molecule has 1 N–H and O–H groups in total. The van der Waals surface area contributed by atoms with Gasteiger partial charge in [0.25, 0.3) is 0 Å². The van der Waals surface area contributed by atoms with Gasteiger partial charge in [-0.1, -0.05) is 0 Å². The number of carbonyl (C=O) groups excluding carboxylic acids is 1. The number of amides is 1. The SMILES string of the molecule is CC(C)(C)OC(=O)NCC1CN(c2ccc(C(F)(F)F)cc2)c2c(Br)cnn2C1. The van der Waals surface area contributed by atoms with E-state index in [-0.39, 0.29) is 5.92 Å². The van der Waals surface area contributed by atoms with Crippen LogP contribution in [0.4, 0.5) is 29.5 Å². The summed E-state index contributed by atoms with van der Waals surface area (Å²) >= 11 is 3.46. The summed E-state index contributed by atoms with van der Waals surface area (Å²) in [4.78, 5) is 13.8. The van der Waals surface area contributed by atoms with Crippen molar-refractivity contribution >= 4 is 33.5 Å². The van der Waals surface area contributed by atoms with Crippen molar-refractivity contribution in [1.29, 1.82) is 0 Å². The van der Waals surface area contributed by atoms with Gasteiger partial charge in [0.1, 0.15) is 11.4 Å². The molecule has 0 aliphatic carbocycles. The second kappa shape index (κ2) is 7.89. The van der Waals surface area contributed by atoms with Crippen molar-refractivity contribution < 1.29 is 22.7 Å². The molecule has 0 fully saturated rings. The van der Waals surface area contributed by atoms with Gasteiger partial charge < -0.3 is 15.0 Å². The summed E-state index contributed by atoms with van der Waals surface area (Å²) in [6, 6.07) is 5.01. The van der Waals surface area contributed by atoms with Gasteiger partial charge in [-0.3, -0.25) is 0 Å². The van der Waals surface area contributed by atoms with Crippen LogP contribution in [-0.2, 0) is 17.5 Å². The number of alkyl carbamates (subject to hydrolysis) is 1. The molecule has 0 radical (unpaired) electrons. The Morgan fingerprint density at radius 3 is 2.48 bits per heavy atom. The highest BCUT2D eigenvalue weighted by Crippen LogP contribution is 2.38. The van der Waals surface area contributed by atoms with Crippen LogP contribution >= 0.6 is 15.9 Å². The number of alkyl halides is 3. The maximum absolute atomic E-state index is 12.9. The molecule has 1 unspecified atom stereocenters. The van der Waals surface area contributed by atoms with Crippen LogP contribution in [0.3, 0.4) is 0 Å². The zero-order chi connectivity index (χ0) is 21.4. The van der Waals surface area contributed by atoms with Crippen LogP contribution < -0.4 is 10.2 Å². The molecule has 0 spiro atoms. The first kappa shape index (κ1) is 21.5. The smallest absolute Gasteiger partial charge is 0.416 e. The van der Waals surface area contributed by atoms with E-state index in [0.717, 1.165) is 22.4 Å². The molecular weight excluding hydrogens is 453 g/mol. The summed E-state index contributed by atoms with van der Waals surface area (Å²) in [6.45, 7) is 6.77. The summed E-state index contributed by atoms with van der Waals surface area (Å²) in [6.07, 6.45) is -3.25. The lowest BCUT2D eigenvalue weighted by Gasteiger charge is -2.35. The number of ether oxygens (including phenoxy) is 1. The maximum atomic E-state index is 12.9. The lowest BCUT2D eigenvalue weighted by molar-refractivity contribution is -0.137. The highest BCUT2D eigenvalue weighted by Gasteiger charge is 2.32. The van der Waals surface area contributed by atoms with Gasteiger partial charge in [0.05, 0.1) is 16.2 Å². The van der Waals surface area contributed by atoms with E-state index < -0.39 is 23.4 Å². The molecule has 2 heterocycles.